The van der Waals surface area contributed by atoms with Crippen molar-refractivity contribution in [3.05, 3.63) is 59.4 Å². The zero-order valence-electron chi connectivity index (χ0n) is 14.1. The van der Waals surface area contributed by atoms with E-state index in [-0.39, 0.29) is 5.92 Å². The minimum atomic E-state index is 0.274. The number of pyridine rings is 1. The van der Waals surface area contributed by atoms with Crippen LogP contribution in [0.2, 0.25) is 0 Å². The minimum absolute atomic E-state index is 0.274. The van der Waals surface area contributed by atoms with E-state index in [9.17, 15) is 0 Å². The van der Waals surface area contributed by atoms with Crippen LogP contribution in [0.5, 0.6) is 0 Å². The quantitative estimate of drug-likeness (QED) is 0.537. The van der Waals surface area contributed by atoms with Crippen LogP contribution in [0.1, 0.15) is 49.7 Å². The number of nitrogens with zero attached hydrogens (tertiary/aromatic N) is 4. The Morgan fingerprint density at radius 1 is 1.12 bits per heavy atom. The zero-order valence-corrected chi connectivity index (χ0v) is 14.9. The van der Waals surface area contributed by atoms with Crippen LogP contribution in [0.15, 0.2) is 42.3 Å². The standard InChI is InChI=1S/C19H20N4S/c1-12(2)17-15-5-4-8-23(15)10-14(22-17)9-13(3)18-19-16(6-7-20-18)24-11-21-19/h4-8,10-13H,9H2,1-3H3. The lowest BCUT2D eigenvalue weighted by Gasteiger charge is -2.14. The lowest BCUT2D eigenvalue weighted by molar-refractivity contribution is 0.703. The number of hydrogen-bond donors (Lipinski definition) is 0. The molecule has 0 bridgehead atoms. The molecule has 0 aliphatic carbocycles. The highest BCUT2D eigenvalue weighted by atomic mass is 32.1. The van der Waals surface area contributed by atoms with Crippen molar-refractivity contribution in [1.82, 2.24) is 19.4 Å². The molecule has 122 valence electrons. The number of aromatic nitrogens is 4. The number of rotatable bonds is 4. The normalized spacial score (nSPS) is 13.2. The highest BCUT2D eigenvalue weighted by molar-refractivity contribution is 7.16. The molecule has 0 saturated heterocycles. The van der Waals surface area contributed by atoms with E-state index in [0.29, 0.717) is 5.92 Å². The van der Waals surface area contributed by atoms with Crippen LogP contribution in [-0.2, 0) is 6.42 Å². The van der Waals surface area contributed by atoms with Crippen LogP contribution in [0.4, 0.5) is 0 Å². The zero-order chi connectivity index (χ0) is 16.7. The van der Waals surface area contributed by atoms with E-state index in [4.69, 9.17) is 4.98 Å². The second-order valence-corrected chi connectivity index (χ2v) is 7.46. The van der Waals surface area contributed by atoms with Crippen LogP contribution < -0.4 is 0 Å². The van der Waals surface area contributed by atoms with Gasteiger partial charge in [-0.05, 0) is 30.5 Å². The number of thiazole rings is 1. The second-order valence-electron chi connectivity index (χ2n) is 6.57. The van der Waals surface area contributed by atoms with Crippen LogP contribution in [0, 0.1) is 0 Å². The summed E-state index contributed by atoms with van der Waals surface area (Å²) in [5, 5.41) is 0. The summed E-state index contributed by atoms with van der Waals surface area (Å²) in [7, 11) is 0. The van der Waals surface area contributed by atoms with Gasteiger partial charge in [0.2, 0.25) is 0 Å². The van der Waals surface area contributed by atoms with Gasteiger partial charge in [0.05, 0.1) is 32.8 Å². The Morgan fingerprint density at radius 3 is 2.83 bits per heavy atom. The molecule has 0 aliphatic rings. The van der Waals surface area contributed by atoms with Gasteiger partial charge >= 0.3 is 0 Å². The summed E-state index contributed by atoms with van der Waals surface area (Å²) < 4.78 is 3.38. The summed E-state index contributed by atoms with van der Waals surface area (Å²) in [6.45, 7) is 6.60. The van der Waals surface area contributed by atoms with Crippen LogP contribution >= 0.6 is 11.3 Å². The fourth-order valence-electron chi connectivity index (χ4n) is 3.23. The second kappa shape index (κ2) is 5.98. The first-order chi connectivity index (χ1) is 11.6. The monoisotopic (exact) mass is 336 g/mol. The molecule has 0 spiro atoms. The third-order valence-electron chi connectivity index (χ3n) is 4.40. The molecule has 1 unspecified atom stereocenters. The van der Waals surface area contributed by atoms with Crippen molar-refractivity contribution < 1.29 is 0 Å². The molecule has 0 saturated carbocycles. The molecule has 4 nitrogen and oxygen atoms in total. The predicted octanol–water partition coefficient (Wildman–Crippen LogP) is 4.81. The average molecular weight is 336 g/mol. The Labute approximate surface area is 145 Å². The highest BCUT2D eigenvalue weighted by Gasteiger charge is 2.16. The lowest BCUT2D eigenvalue weighted by atomic mass is 10.00. The molecule has 1 atom stereocenters. The van der Waals surface area contributed by atoms with Crippen molar-refractivity contribution in [2.75, 3.05) is 0 Å². The Kier molecular flexibility index (Phi) is 3.81. The van der Waals surface area contributed by atoms with Gasteiger partial charge in [0.1, 0.15) is 5.52 Å². The molecular formula is C19H20N4S. The minimum Gasteiger partial charge on any atom is -0.320 e. The molecule has 0 aromatic carbocycles. The summed E-state index contributed by atoms with van der Waals surface area (Å²) in [5.74, 6) is 0.675. The Hall–Kier alpha value is -2.27. The molecule has 0 radical (unpaired) electrons. The molecule has 4 aromatic heterocycles. The molecule has 0 fully saturated rings. The predicted molar refractivity (Wildman–Crippen MR) is 98.8 cm³/mol. The molecule has 0 N–H and O–H groups in total. The van der Waals surface area contributed by atoms with E-state index in [1.165, 1.54) is 10.2 Å². The Bertz CT molecular complexity index is 999. The molecular weight excluding hydrogens is 316 g/mol. The molecule has 4 heterocycles. The SMILES string of the molecule is CC(C)c1nc(CC(C)c2nccc3scnc23)cn2cccc12. The third kappa shape index (κ3) is 2.59. The van der Waals surface area contributed by atoms with Gasteiger partial charge in [0.25, 0.3) is 0 Å². The smallest absolute Gasteiger partial charge is 0.103 e. The summed E-state index contributed by atoms with van der Waals surface area (Å²) in [6.07, 6.45) is 6.97. The van der Waals surface area contributed by atoms with E-state index in [2.05, 4.69) is 59.7 Å². The van der Waals surface area contributed by atoms with Gasteiger partial charge in [-0.2, -0.15) is 0 Å². The van der Waals surface area contributed by atoms with E-state index in [1.54, 1.807) is 11.3 Å². The molecule has 5 heteroatoms. The van der Waals surface area contributed by atoms with Crippen molar-refractivity contribution in [2.45, 2.75) is 39.0 Å². The summed E-state index contributed by atoms with van der Waals surface area (Å²) >= 11 is 1.66. The molecule has 0 amide bonds. The van der Waals surface area contributed by atoms with Crippen molar-refractivity contribution in [2.24, 2.45) is 0 Å². The van der Waals surface area contributed by atoms with Gasteiger partial charge in [-0.1, -0.05) is 20.8 Å². The fourth-order valence-corrected chi connectivity index (χ4v) is 3.91. The van der Waals surface area contributed by atoms with Gasteiger partial charge < -0.3 is 4.40 Å². The molecule has 4 rings (SSSR count). The topological polar surface area (TPSA) is 43.1 Å². The molecule has 0 aliphatic heterocycles. The number of hydrogen-bond acceptors (Lipinski definition) is 4. The Balaban J connectivity index is 1.72. The highest BCUT2D eigenvalue weighted by Crippen LogP contribution is 2.28. The first kappa shape index (κ1) is 15.3. The van der Waals surface area contributed by atoms with Gasteiger partial charge in [0, 0.05) is 24.5 Å². The van der Waals surface area contributed by atoms with E-state index in [1.807, 2.05) is 17.8 Å². The van der Waals surface area contributed by atoms with E-state index < -0.39 is 0 Å². The first-order valence-electron chi connectivity index (χ1n) is 8.28. The first-order valence-corrected chi connectivity index (χ1v) is 9.16. The maximum absolute atomic E-state index is 4.94. The van der Waals surface area contributed by atoms with Crippen molar-refractivity contribution in [3.63, 3.8) is 0 Å². The van der Waals surface area contributed by atoms with Crippen LogP contribution in [0.25, 0.3) is 15.7 Å². The van der Waals surface area contributed by atoms with E-state index in [0.717, 1.165) is 29.0 Å². The van der Waals surface area contributed by atoms with Gasteiger partial charge in [-0.3, -0.25) is 9.97 Å². The largest absolute Gasteiger partial charge is 0.320 e. The fraction of sp³-hybridized carbons (Fsp3) is 0.316. The van der Waals surface area contributed by atoms with Crippen LogP contribution in [-0.4, -0.2) is 19.4 Å². The van der Waals surface area contributed by atoms with Crippen molar-refractivity contribution >= 4 is 27.1 Å². The summed E-state index contributed by atoms with van der Waals surface area (Å²) in [6, 6.07) is 6.24. The van der Waals surface area contributed by atoms with Gasteiger partial charge in [-0.25, -0.2) is 4.98 Å². The molecule has 24 heavy (non-hydrogen) atoms. The summed E-state index contributed by atoms with van der Waals surface area (Å²) in [4.78, 5) is 14.0. The lowest BCUT2D eigenvalue weighted by Crippen LogP contribution is -2.07. The number of fused-ring (bicyclic) bond motifs is 2. The maximum Gasteiger partial charge on any atom is 0.103 e. The van der Waals surface area contributed by atoms with Gasteiger partial charge in [-0.15, -0.1) is 11.3 Å². The molecule has 4 aromatic rings. The van der Waals surface area contributed by atoms with Crippen molar-refractivity contribution in [3.8, 4) is 0 Å². The van der Waals surface area contributed by atoms with Crippen LogP contribution in [0.3, 0.4) is 0 Å². The Morgan fingerprint density at radius 2 is 2.00 bits per heavy atom. The van der Waals surface area contributed by atoms with Crippen molar-refractivity contribution in [1.29, 1.82) is 0 Å². The third-order valence-corrected chi connectivity index (χ3v) is 5.19. The maximum atomic E-state index is 4.94. The van der Waals surface area contributed by atoms with E-state index >= 15 is 0 Å². The average Bonchev–Trinajstić information content (AvgIpc) is 3.22. The summed E-state index contributed by atoms with van der Waals surface area (Å²) in [5.41, 5.74) is 7.44. The van der Waals surface area contributed by atoms with Gasteiger partial charge in [0.15, 0.2) is 0 Å².